The van der Waals surface area contributed by atoms with Crippen molar-refractivity contribution in [3.05, 3.63) is 105 Å². The van der Waals surface area contributed by atoms with Gasteiger partial charge in [0.2, 0.25) is 5.91 Å². The van der Waals surface area contributed by atoms with Crippen molar-refractivity contribution in [1.82, 2.24) is 10.2 Å². The summed E-state index contributed by atoms with van der Waals surface area (Å²) in [6.07, 6.45) is 0.729. The molecule has 1 N–H and O–H groups in total. The molecule has 0 saturated carbocycles. The zero-order valence-electron chi connectivity index (χ0n) is 24.2. The third kappa shape index (κ3) is 7.12. The molecule has 220 valence electrons. The molecule has 8 nitrogen and oxygen atoms in total. The lowest BCUT2D eigenvalue weighted by molar-refractivity contribution is -0.140. The molecule has 0 fully saturated rings. The van der Waals surface area contributed by atoms with Crippen LogP contribution in [-0.4, -0.2) is 50.1 Å². The Morgan fingerprint density at radius 2 is 1.71 bits per heavy atom. The summed E-state index contributed by atoms with van der Waals surface area (Å²) in [5.74, 6) is 0.0585. The van der Waals surface area contributed by atoms with Crippen molar-refractivity contribution < 1.29 is 28.6 Å². The van der Waals surface area contributed by atoms with Crippen LogP contribution >= 0.6 is 11.6 Å². The Bertz CT molecular complexity index is 1480. The Morgan fingerprint density at radius 1 is 0.976 bits per heavy atom. The smallest absolute Gasteiger partial charge is 0.336 e. The second-order valence-corrected chi connectivity index (χ2v) is 10.3. The minimum atomic E-state index is -0.449. The Kier molecular flexibility index (Phi) is 10.3. The average Bonchev–Trinajstić information content (AvgIpc) is 2.99. The van der Waals surface area contributed by atoms with Gasteiger partial charge in [0.15, 0.2) is 11.5 Å². The van der Waals surface area contributed by atoms with Crippen LogP contribution in [0.25, 0.3) is 0 Å². The van der Waals surface area contributed by atoms with Crippen LogP contribution in [0.4, 0.5) is 0 Å². The number of ether oxygens (including phenoxy) is 3. The van der Waals surface area contributed by atoms with Gasteiger partial charge in [-0.25, -0.2) is 4.79 Å². The minimum absolute atomic E-state index is 0.115. The Labute approximate surface area is 251 Å². The van der Waals surface area contributed by atoms with Crippen LogP contribution in [0.2, 0.25) is 5.02 Å². The van der Waals surface area contributed by atoms with Crippen molar-refractivity contribution in [2.45, 2.75) is 39.2 Å². The van der Waals surface area contributed by atoms with Crippen molar-refractivity contribution in [2.75, 3.05) is 27.4 Å². The molecular formula is C33H35ClN2O6. The predicted molar refractivity (Wildman–Crippen MR) is 161 cm³/mol. The summed E-state index contributed by atoms with van der Waals surface area (Å²) in [5, 5.41) is 3.53. The first-order valence-corrected chi connectivity index (χ1v) is 14.1. The molecular weight excluding hydrogens is 556 g/mol. The standard InChI is InChI=1S/C33H35ClN2O6/c1-5-42-33(39)31-21(2)36(30(37)19-27(31)24-10-12-26(34)13-11-24)20-23-7-6-8-25(17-23)32(38)35-16-15-22-9-14-28(40-3)29(18-22)41-4/h6-14,17-18,27H,5,15-16,19-20H2,1-4H3,(H,35,38). The lowest BCUT2D eigenvalue weighted by Crippen LogP contribution is -2.38. The van der Waals surface area contributed by atoms with E-state index in [4.69, 9.17) is 25.8 Å². The van der Waals surface area contributed by atoms with Gasteiger partial charge in [0.25, 0.3) is 5.91 Å². The lowest BCUT2D eigenvalue weighted by Gasteiger charge is -2.34. The van der Waals surface area contributed by atoms with E-state index < -0.39 is 11.9 Å². The first kappa shape index (κ1) is 30.7. The van der Waals surface area contributed by atoms with Gasteiger partial charge in [0, 0.05) is 35.2 Å². The summed E-state index contributed by atoms with van der Waals surface area (Å²) in [6, 6.07) is 19.9. The maximum atomic E-state index is 13.4. The molecule has 1 heterocycles. The van der Waals surface area contributed by atoms with E-state index in [0.717, 1.165) is 16.7 Å². The topological polar surface area (TPSA) is 94.2 Å². The molecule has 1 aliphatic rings. The highest BCUT2D eigenvalue weighted by atomic mass is 35.5. The van der Waals surface area contributed by atoms with E-state index in [2.05, 4.69) is 5.32 Å². The first-order valence-electron chi connectivity index (χ1n) is 13.8. The molecule has 9 heteroatoms. The zero-order chi connectivity index (χ0) is 30.2. The fourth-order valence-corrected chi connectivity index (χ4v) is 5.23. The molecule has 0 spiro atoms. The van der Waals surface area contributed by atoms with Gasteiger partial charge in [-0.2, -0.15) is 0 Å². The molecule has 3 aromatic carbocycles. The maximum Gasteiger partial charge on any atom is 0.336 e. The number of allylic oxidation sites excluding steroid dienone is 1. The highest BCUT2D eigenvalue weighted by Gasteiger charge is 2.37. The average molecular weight is 591 g/mol. The first-order chi connectivity index (χ1) is 20.2. The molecule has 42 heavy (non-hydrogen) atoms. The minimum Gasteiger partial charge on any atom is -0.493 e. The summed E-state index contributed by atoms with van der Waals surface area (Å²) in [6.45, 7) is 4.38. The molecule has 0 bridgehead atoms. The molecule has 0 radical (unpaired) electrons. The van der Waals surface area contributed by atoms with E-state index in [0.29, 0.717) is 46.3 Å². The molecule has 4 rings (SSSR count). The number of amides is 2. The number of hydrogen-bond acceptors (Lipinski definition) is 6. The monoisotopic (exact) mass is 590 g/mol. The number of methoxy groups -OCH3 is 2. The Morgan fingerprint density at radius 3 is 2.40 bits per heavy atom. The molecule has 3 aromatic rings. The quantitative estimate of drug-likeness (QED) is 0.289. The van der Waals surface area contributed by atoms with Crippen molar-refractivity contribution in [1.29, 1.82) is 0 Å². The van der Waals surface area contributed by atoms with E-state index in [9.17, 15) is 14.4 Å². The van der Waals surface area contributed by atoms with Crippen molar-refractivity contribution in [3.63, 3.8) is 0 Å². The van der Waals surface area contributed by atoms with Gasteiger partial charge in [-0.1, -0.05) is 41.9 Å². The fourth-order valence-electron chi connectivity index (χ4n) is 5.11. The molecule has 0 aromatic heterocycles. The number of hydrogen-bond donors (Lipinski definition) is 1. The Balaban J connectivity index is 1.48. The number of halogens is 1. The summed E-state index contributed by atoms with van der Waals surface area (Å²) < 4.78 is 16.0. The third-order valence-corrected chi connectivity index (χ3v) is 7.52. The molecule has 1 unspecified atom stereocenters. The van der Waals surface area contributed by atoms with Crippen LogP contribution in [0.1, 0.15) is 53.2 Å². The summed E-state index contributed by atoms with van der Waals surface area (Å²) in [7, 11) is 3.17. The number of nitrogens with zero attached hydrogens (tertiary/aromatic N) is 1. The number of rotatable bonds is 11. The fraction of sp³-hybridized carbons (Fsp3) is 0.303. The van der Waals surface area contributed by atoms with Crippen LogP contribution in [-0.2, 0) is 27.3 Å². The molecule has 0 aliphatic carbocycles. The number of nitrogens with one attached hydrogen (secondary N) is 1. The largest absolute Gasteiger partial charge is 0.493 e. The number of esters is 1. The van der Waals surface area contributed by atoms with Gasteiger partial charge in [-0.05, 0) is 73.4 Å². The van der Waals surface area contributed by atoms with Crippen LogP contribution in [0, 0.1) is 0 Å². The van der Waals surface area contributed by atoms with Gasteiger partial charge in [-0.15, -0.1) is 0 Å². The predicted octanol–water partition coefficient (Wildman–Crippen LogP) is 5.68. The highest BCUT2D eigenvalue weighted by molar-refractivity contribution is 6.30. The van der Waals surface area contributed by atoms with E-state index in [1.165, 1.54) is 0 Å². The van der Waals surface area contributed by atoms with Crippen molar-refractivity contribution >= 4 is 29.4 Å². The SMILES string of the molecule is CCOC(=O)C1=C(C)N(Cc2cccc(C(=O)NCCc3ccc(OC)c(OC)c3)c2)C(=O)CC1c1ccc(Cl)cc1. The summed E-state index contributed by atoms with van der Waals surface area (Å²) in [4.78, 5) is 41.0. The molecule has 0 saturated heterocycles. The summed E-state index contributed by atoms with van der Waals surface area (Å²) >= 11 is 6.07. The van der Waals surface area contributed by atoms with Crippen LogP contribution in [0.15, 0.2) is 78.0 Å². The van der Waals surface area contributed by atoms with Gasteiger partial charge < -0.3 is 24.4 Å². The van der Waals surface area contributed by atoms with Crippen LogP contribution < -0.4 is 14.8 Å². The lowest BCUT2D eigenvalue weighted by atomic mass is 9.83. The van der Waals surface area contributed by atoms with E-state index in [1.807, 2.05) is 36.4 Å². The van der Waals surface area contributed by atoms with E-state index in [1.54, 1.807) is 63.3 Å². The van der Waals surface area contributed by atoms with E-state index >= 15 is 0 Å². The van der Waals surface area contributed by atoms with Gasteiger partial charge >= 0.3 is 5.97 Å². The van der Waals surface area contributed by atoms with Gasteiger partial charge in [-0.3, -0.25) is 9.59 Å². The Hall–Kier alpha value is -4.30. The highest BCUT2D eigenvalue weighted by Crippen LogP contribution is 2.38. The molecule has 1 aliphatic heterocycles. The van der Waals surface area contributed by atoms with E-state index in [-0.39, 0.29) is 31.4 Å². The number of benzene rings is 3. The zero-order valence-corrected chi connectivity index (χ0v) is 25.0. The second kappa shape index (κ2) is 14.0. The maximum absolute atomic E-state index is 13.4. The molecule has 1 atom stereocenters. The van der Waals surface area contributed by atoms with Crippen LogP contribution in [0.3, 0.4) is 0 Å². The normalized spacial score (nSPS) is 14.9. The number of carbonyl (C=O) groups is 3. The second-order valence-electron chi connectivity index (χ2n) is 9.90. The van der Waals surface area contributed by atoms with Crippen LogP contribution in [0.5, 0.6) is 11.5 Å². The summed E-state index contributed by atoms with van der Waals surface area (Å²) in [5.41, 5.74) is 4.06. The molecule has 2 amide bonds. The third-order valence-electron chi connectivity index (χ3n) is 7.27. The van der Waals surface area contributed by atoms with Gasteiger partial charge in [0.05, 0.1) is 32.9 Å². The number of carbonyl (C=O) groups excluding carboxylic acids is 3. The van der Waals surface area contributed by atoms with Crippen molar-refractivity contribution in [3.8, 4) is 11.5 Å². The van der Waals surface area contributed by atoms with Crippen molar-refractivity contribution in [2.24, 2.45) is 0 Å². The van der Waals surface area contributed by atoms with Gasteiger partial charge in [0.1, 0.15) is 0 Å².